The first-order valence-corrected chi connectivity index (χ1v) is 8.27. The predicted molar refractivity (Wildman–Crippen MR) is 87.3 cm³/mol. The second-order valence-electron chi connectivity index (χ2n) is 5.89. The van der Waals surface area contributed by atoms with Gasteiger partial charge in [0.15, 0.2) is 0 Å². The van der Waals surface area contributed by atoms with Crippen molar-refractivity contribution in [1.29, 1.82) is 0 Å². The number of piperazine rings is 1. The number of halogens is 1. The van der Waals surface area contributed by atoms with E-state index in [9.17, 15) is 0 Å². The van der Waals surface area contributed by atoms with E-state index in [1.54, 1.807) is 0 Å². The van der Waals surface area contributed by atoms with Crippen LogP contribution < -0.4 is 10.1 Å². The van der Waals surface area contributed by atoms with E-state index in [-0.39, 0.29) is 0 Å². The normalized spacial score (nSPS) is 20.3. The first kappa shape index (κ1) is 15.8. The second kappa shape index (κ2) is 8.01. The zero-order valence-corrected chi connectivity index (χ0v) is 14.0. The van der Waals surface area contributed by atoms with Crippen LogP contribution in [-0.2, 0) is 0 Å². The van der Waals surface area contributed by atoms with Crippen LogP contribution in [0.15, 0.2) is 28.7 Å². The van der Waals surface area contributed by atoms with Gasteiger partial charge in [-0.15, -0.1) is 0 Å². The molecule has 20 heavy (non-hydrogen) atoms. The highest BCUT2D eigenvalue weighted by molar-refractivity contribution is 9.10. The number of hydrogen-bond acceptors (Lipinski definition) is 3. The first-order valence-electron chi connectivity index (χ1n) is 7.47. The Hall–Kier alpha value is -0.580. The molecule has 0 radical (unpaired) electrons. The van der Waals surface area contributed by atoms with Gasteiger partial charge in [0.25, 0.3) is 0 Å². The minimum absolute atomic E-state index is 0.634. The molecule has 0 aliphatic carbocycles. The minimum Gasteiger partial charge on any atom is -0.492 e. The lowest BCUT2D eigenvalue weighted by Gasteiger charge is -2.34. The van der Waals surface area contributed by atoms with Crippen LogP contribution in [0.5, 0.6) is 5.75 Å². The summed E-state index contributed by atoms with van der Waals surface area (Å²) in [6.07, 6.45) is 1.25. The van der Waals surface area contributed by atoms with Crippen molar-refractivity contribution in [3.63, 3.8) is 0 Å². The van der Waals surface area contributed by atoms with E-state index in [1.165, 1.54) is 6.42 Å². The highest BCUT2D eigenvalue weighted by Gasteiger charge is 2.19. The molecular weight excluding hydrogens is 316 g/mol. The van der Waals surface area contributed by atoms with Crippen molar-refractivity contribution < 1.29 is 4.74 Å². The summed E-state index contributed by atoms with van der Waals surface area (Å²) in [6.45, 7) is 9.69. The Labute approximate surface area is 130 Å². The topological polar surface area (TPSA) is 24.5 Å². The van der Waals surface area contributed by atoms with Crippen LogP contribution in [0.1, 0.15) is 20.3 Å². The van der Waals surface area contributed by atoms with Crippen LogP contribution in [0, 0.1) is 5.92 Å². The molecule has 0 amide bonds. The Balaban J connectivity index is 1.71. The predicted octanol–water partition coefficient (Wildman–Crippen LogP) is 3.15. The maximum atomic E-state index is 5.81. The van der Waals surface area contributed by atoms with Gasteiger partial charge < -0.3 is 10.1 Å². The summed E-state index contributed by atoms with van der Waals surface area (Å²) in [5.41, 5.74) is 0. The fraction of sp³-hybridized carbons (Fsp3) is 0.625. The molecule has 1 fully saturated rings. The molecule has 2 rings (SSSR count). The van der Waals surface area contributed by atoms with Crippen molar-refractivity contribution in [2.75, 3.05) is 32.8 Å². The lowest BCUT2D eigenvalue weighted by atomic mass is 10.0. The summed E-state index contributed by atoms with van der Waals surface area (Å²) in [5.74, 6) is 1.69. The zero-order chi connectivity index (χ0) is 14.4. The first-order chi connectivity index (χ1) is 9.63. The van der Waals surface area contributed by atoms with E-state index in [4.69, 9.17) is 4.74 Å². The third kappa shape index (κ3) is 5.43. The summed E-state index contributed by atoms with van der Waals surface area (Å²) in [6, 6.07) is 8.67. The fourth-order valence-corrected chi connectivity index (χ4v) is 3.05. The molecule has 4 heteroatoms. The van der Waals surface area contributed by atoms with Crippen LogP contribution in [-0.4, -0.2) is 43.7 Å². The molecule has 1 N–H and O–H groups in total. The van der Waals surface area contributed by atoms with Crippen LogP contribution in [0.4, 0.5) is 0 Å². The Bertz CT molecular complexity index is 411. The molecular formula is C16H25BrN2O. The van der Waals surface area contributed by atoms with E-state index in [0.29, 0.717) is 6.04 Å². The number of nitrogens with one attached hydrogen (secondary N) is 1. The molecule has 112 valence electrons. The molecule has 0 bridgehead atoms. The average molecular weight is 341 g/mol. The van der Waals surface area contributed by atoms with E-state index in [1.807, 2.05) is 24.3 Å². The number of nitrogens with zero attached hydrogens (tertiary/aromatic N) is 1. The Kier molecular flexibility index (Phi) is 6.33. The highest BCUT2D eigenvalue weighted by Crippen LogP contribution is 2.17. The van der Waals surface area contributed by atoms with Crippen molar-refractivity contribution in [1.82, 2.24) is 10.2 Å². The molecule has 0 aromatic heterocycles. The van der Waals surface area contributed by atoms with Gasteiger partial charge in [-0.2, -0.15) is 0 Å². The van der Waals surface area contributed by atoms with E-state index >= 15 is 0 Å². The summed E-state index contributed by atoms with van der Waals surface area (Å²) in [7, 11) is 0. The van der Waals surface area contributed by atoms with Gasteiger partial charge in [-0.3, -0.25) is 4.90 Å². The molecule has 1 heterocycles. The molecule has 1 aliphatic heterocycles. The molecule has 1 unspecified atom stereocenters. The third-order valence-electron chi connectivity index (χ3n) is 3.57. The quantitative estimate of drug-likeness (QED) is 0.860. The van der Waals surface area contributed by atoms with Crippen LogP contribution >= 0.6 is 15.9 Å². The number of hydrogen-bond donors (Lipinski definition) is 1. The van der Waals surface area contributed by atoms with Crippen LogP contribution in [0.2, 0.25) is 0 Å². The molecule has 0 spiro atoms. The number of ether oxygens (including phenoxy) is 1. The molecule has 3 nitrogen and oxygen atoms in total. The largest absolute Gasteiger partial charge is 0.492 e. The molecule has 1 aliphatic rings. The van der Waals surface area contributed by atoms with E-state index in [2.05, 4.69) is 40.0 Å². The third-order valence-corrected chi connectivity index (χ3v) is 4.06. The Morgan fingerprint density at radius 1 is 1.45 bits per heavy atom. The van der Waals surface area contributed by atoms with Gasteiger partial charge in [-0.1, -0.05) is 35.8 Å². The Morgan fingerprint density at radius 2 is 2.30 bits per heavy atom. The molecule has 1 saturated heterocycles. The van der Waals surface area contributed by atoms with Crippen molar-refractivity contribution >= 4 is 15.9 Å². The molecule has 1 atom stereocenters. The van der Waals surface area contributed by atoms with Gasteiger partial charge in [0.05, 0.1) is 0 Å². The average Bonchev–Trinajstić information content (AvgIpc) is 2.38. The van der Waals surface area contributed by atoms with Gasteiger partial charge in [-0.25, -0.2) is 0 Å². The Morgan fingerprint density at radius 3 is 3.05 bits per heavy atom. The van der Waals surface area contributed by atoms with Crippen LogP contribution in [0.25, 0.3) is 0 Å². The maximum absolute atomic E-state index is 5.81. The van der Waals surface area contributed by atoms with Gasteiger partial charge >= 0.3 is 0 Å². The summed E-state index contributed by atoms with van der Waals surface area (Å²) in [4.78, 5) is 2.50. The van der Waals surface area contributed by atoms with Gasteiger partial charge in [0.1, 0.15) is 12.4 Å². The lowest BCUT2D eigenvalue weighted by molar-refractivity contribution is 0.157. The SMILES string of the molecule is CC(C)CC1CN(CCOc2cccc(Br)c2)CCN1. The monoisotopic (exact) mass is 340 g/mol. The molecule has 0 saturated carbocycles. The maximum Gasteiger partial charge on any atom is 0.120 e. The number of rotatable bonds is 6. The van der Waals surface area contributed by atoms with Crippen LogP contribution in [0.3, 0.4) is 0 Å². The standard InChI is InChI=1S/C16H25BrN2O/c1-13(2)10-15-12-19(7-6-18-15)8-9-20-16-5-3-4-14(17)11-16/h3-5,11,13,15,18H,6-10,12H2,1-2H3. The van der Waals surface area contributed by atoms with Gasteiger partial charge in [-0.05, 0) is 30.5 Å². The van der Waals surface area contributed by atoms with E-state index < -0.39 is 0 Å². The fourth-order valence-electron chi connectivity index (χ4n) is 2.67. The smallest absolute Gasteiger partial charge is 0.120 e. The van der Waals surface area contributed by atoms with Crippen molar-refractivity contribution in [3.8, 4) is 5.75 Å². The van der Waals surface area contributed by atoms with Gasteiger partial charge in [0, 0.05) is 36.7 Å². The van der Waals surface area contributed by atoms with Crippen molar-refractivity contribution in [2.45, 2.75) is 26.3 Å². The lowest BCUT2D eigenvalue weighted by Crippen LogP contribution is -2.51. The summed E-state index contributed by atoms with van der Waals surface area (Å²) < 4.78 is 6.88. The zero-order valence-electron chi connectivity index (χ0n) is 12.4. The van der Waals surface area contributed by atoms with Crippen molar-refractivity contribution in [2.24, 2.45) is 5.92 Å². The highest BCUT2D eigenvalue weighted by atomic mass is 79.9. The summed E-state index contributed by atoms with van der Waals surface area (Å²) in [5, 5.41) is 3.61. The minimum atomic E-state index is 0.634. The molecule has 1 aromatic carbocycles. The van der Waals surface area contributed by atoms with E-state index in [0.717, 1.165) is 48.9 Å². The van der Waals surface area contributed by atoms with Gasteiger partial charge in [0.2, 0.25) is 0 Å². The second-order valence-corrected chi connectivity index (χ2v) is 6.80. The molecule has 1 aromatic rings. The summed E-state index contributed by atoms with van der Waals surface area (Å²) >= 11 is 3.46. The van der Waals surface area contributed by atoms with Crippen molar-refractivity contribution in [3.05, 3.63) is 28.7 Å². The number of benzene rings is 1.